The van der Waals surface area contributed by atoms with E-state index in [4.69, 9.17) is 0 Å². The normalized spacial score (nSPS) is 21.2. The summed E-state index contributed by atoms with van der Waals surface area (Å²) in [6.45, 7) is 2.66. The highest BCUT2D eigenvalue weighted by Crippen LogP contribution is 2.41. The Morgan fingerprint density at radius 2 is 0.458 bits per heavy atom. The molecule has 0 radical (unpaired) electrons. The number of hydrogen-bond acceptors (Lipinski definition) is 15. The number of anilines is 2. The zero-order valence-electron chi connectivity index (χ0n) is 80.6. The van der Waals surface area contributed by atoms with Crippen LogP contribution in [0, 0.1) is 18.8 Å². The monoisotopic (exact) mass is 1910 g/mol. The van der Waals surface area contributed by atoms with Crippen molar-refractivity contribution in [2.75, 3.05) is 16.3 Å². The molecule has 5 atom stereocenters. The van der Waals surface area contributed by atoms with E-state index in [1.807, 2.05) is 219 Å². The van der Waals surface area contributed by atoms with Gasteiger partial charge in [-0.25, -0.2) is 33.8 Å². The van der Waals surface area contributed by atoms with Gasteiger partial charge in [-0.05, 0) is 159 Å². The van der Waals surface area contributed by atoms with E-state index in [9.17, 15) is 71.9 Å². The minimum Gasteiger partial charge on any atom is -0.273 e. The predicted octanol–water partition coefficient (Wildman–Crippen LogP) is 21.0. The van der Waals surface area contributed by atoms with E-state index in [0.717, 1.165) is 194 Å². The largest absolute Gasteiger partial charge is 0.338 e. The van der Waals surface area contributed by atoms with Gasteiger partial charge in [-0.3, -0.25) is 87.1 Å². The summed E-state index contributed by atoms with van der Waals surface area (Å²) in [5.41, 5.74) is 8.73. The summed E-state index contributed by atoms with van der Waals surface area (Å²) in [4.78, 5) is 212. The van der Waals surface area contributed by atoms with Gasteiger partial charge < -0.3 is 0 Å². The summed E-state index contributed by atoms with van der Waals surface area (Å²) in [6.07, 6.45) is 25.0. The molecule has 0 N–H and O–H groups in total. The molecule has 5 saturated carbocycles. The van der Waals surface area contributed by atoms with Gasteiger partial charge in [0.2, 0.25) is 53.2 Å². The number of aryl methyl sites for hydroxylation is 1. The molecule has 5 aliphatic carbocycles. The fraction of sp³-hybridized carbons (Fsp3) is 0.359. The van der Waals surface area contributed by atoms with E-state index >= 15 is 0 Å². The van der Waals surface area contributed by atoms with Crippen LogP contribution in [0.25, 0.3) is 0 Å². The maximum absolute atomic E-state index is 13.4. The molecule has 732 valence electrons. The Hall–Kier alpha value is -14.8. The SMILES string of the molecule is Cc1ccc(CC2C(=O)N(Cc3ccccc3)C(=O)N(C3CCCCC3)C2=O)cc1.O=C1C(Cc2ccccc2)C(=O)N(C2CCCCC2)C(=O)N1c1ccccc1.O=C1C(c2ccccc2)C(=O)N(C2CCCCC2)C(=O)N1CCc1ccccc1.O=C1C(c2ccccc2)C(=O)N(C2CCCCC2)C(=O)N1Cc1ccccc1.O=C1C(c2ccccc2)C(=O)N(C2CCCCC2)C(=O)N1c1ccccc1. The molecule has 5 heterocycles. The Bertz CT molecular complexity index is 5870. The number of carbonyl (C=O) groups is 15. The average molecular weight is 1910 g/mol. The van der Waals surface area contributed by atoms with E-state index in [-0.39, 0.29) is 79.4 Å². The highest BCUT2D eigenvalue weighted by Gasteiger charge is 2.55. The molecule has 20 rings (SSSR count). The molecule has 5 saturated heterocycles. The van der Waals surface area contributed by atoms with Crippen LogP contribution in [-0.2, 0) is 80.3 Å². The highest BCUT2D eigenvalue weighted by atomic mass is 16.2. The minimum atomic E-state index is -0.981. The lowest BCUT2D eigenvalue weighted by molar-refractivity contribution is -0.152. The van der Waals surface area contributed by atoms with Crippen molar-refractivity contribution in [3.05, 3.63) is 347 Å². The van der Waals surface area contributed by atoms with Crippen molar-refractivity contribution in [1.29, 1.82) is 0 Å². The zero-order valence-corrected chi connectivity index (χ0v) is 80.6. The van der Waals surface area contributed by atoms with Crippen molar-refractivity contribution >= 4 is 101 Å². The van der Waals surface area contributed by atoms with E-state index in [1.165, 1.54) is 49.0 Å². The lowest BCUT2D eigenvalue weighted by Gasteiger charge is -2.42. The number of hydrogen-bond donors (Lipinski definition) is 0. The molecule has 5 unspecified atom stereocenters. The topological polar surface area (TPSA) is 288 Å². The summed E-state index contributed by atoms with van der Waals surface area (Å²) in [5, 5.41) is 0. The summed E-state index contributed by atoms with van der Waals surface area (Å²) >= 11 is 0. The standard InChI is InChI=1S/C25H28N2O3.C24H26N2O3.2C23H24N2O3.C22H22N2O3/c1-18-12-14-19(15-13-18)16-22-23(28)26(17-20-8-4-2-5-9-20)25(30)27(24(22)29)21-10-6-3-7-11-21;27-22-21(19-12-6-2-7-13-19)23(28)26(20-14-8-3-9-15-20)24(29)25(22)17-16-18-10-4-1-5-11-18;26-21-20(18-12-6-2-7-13-18)22(27)25(19-14-8-3-9-15-19)23(28)24(21)16-17-10-4-1-5-11-17;26-21-20(16-17-10-4-1-5-11-17)22(27)25(19-14-8-3-9-15-19)23(28)24(21)18-12-6-2-7-13-18;25-20-19(16-10-4-1-5-11-16)21(26)24(18-14-8-3-9-15-18)22(27)23(20)17-12-6-2-7-13-17/h2,4-5,8-9,12-15,21-22H,3,6-7,10-11,16-17H2,1H3;1-2,4-7,10-13,20-21H,3,8-9,14-17H2;2*1-2,4-7,10-13,19-20H,3,8-9,14-16H2;1-2,4-7,10-13,18-19H,3,8-9,14-15H2. The van der Waals surface area contributed by atoms with Crippen LogP contribution in [0.4, 0.5) is 35.3 Å². The first kappa shape index (κ1) is 100. The lowest BCUT2D eigenvalue weighted by Crippen LogP contribution is -2.63. The van der Waals surface area contributed by atoms with Gasteiger partial charge in [-0.2, -0.15) is 0 Å². The van der Waals surface area contributed by atoms with E-state index in [0.29, 0.717) is 47.3 Å². The Kier molecular flexibility index (Phi) is 33.8. The molecule has 10 aliphatic rings. The van der Waals surface area contributed by atoms with Gasteiger partial charge in [0.1, 0.15) is 29.6 Å². The summed E-state index contributed by atoms with van der Waals surface area (Å²) in [5.74, 6) is -8.55. The van der Waals surface area contributed by atoms with Gasteiger partial charge in [-0.1, -0.05) is 375 Å². The van der Waals surface area contributed by atoms with Gasteiger partial charge in [-0.15, -0.1) is 0 Å². The van der Waals surface area contributed by atoms with E-state index in [2.05, 4.69) is 0 Å². The second-order valence-corrected chi connectivity index (χ2v) is 38.5. The van der Waals surface area contributed by atoms with Crippen LogP contribution in [0.2, 0.25) is 0 Å². The Balaban J connectivity index is 0.000000128. The number of rotatable bonds is 21. The number of benzene rings is 10. The van der Waals surface area contributed by atoms with Crippen molar-refractivity contribution in [3.8, 4) is 0 Å². The van der Waals surface area contributed by atoms with Gasteiger partial charge >= 0.3 is 30.2 Å². The maximum Gasteiger partial charge on any atom is 0.338 e. The molecule has 25 nitrogen and oxygen atoms in total. The molecule has 5 aliphatic heterocycles. The molecule has 25 heteroatoms. The Morgan fingerprint density at radius 3 is 0.803 bits per heavy atom. The number of imide groups is 10. The van der Waals surface area contributed by atoms with Gasteiger partial charge in [0, 0.05) is 36.8 Å². The highest BCUT2D eigenvalue weighted by molar-refractivity contribution is 6.31. The molecule has 20 amide bonds. The van der Waals surface area contributed by atoms with Crippen molar-refractivity contribution in [2.45, 2.75) is 248 Å². The second kappa shape index (κ2) is 47.9. The minimum absolute atomic E-state index is 0.106. The molecule has 10 aromatic carbocycles. The van der Waals surface area contributed by atoms with Gasteiger partial charge in [0.15, 0.2) is 0 Å². The molecule has 0 aromatic heterocycles. The van der Waals surface area contributed by atoms with Crippen LogP contribution in [0.5, 0.6) is 0 Å². The van der Waals surface area contributed by atoms with Crippen LogP contribution in [-0.4, -0.2) is 165 Å². The average Bonchev–Trinajstić information content (AvgIpc) is 0.759. The van der Waals surface area contributed by atoms with E-state index < -0.39 is 89.3 Å². The molecule has 10 aromatic rings. The van der Waals surface area contributed by atoms with Crippen LogP contribution in [0.15, 0.2) is 297 Å². The first-order valence-corrected chi connectivity index (χ1v) is 50.7. The van der Waals surface area contributed by atoms with Gasteiger partial charge in [0.05, 0.1) is 24.5 Å². The van der Waals surface area contributed by atoms with Crippen LogP contribution in [0.3, 0.4) is 0 Å². The number of carbonyl (C=O) groups excluding carboxylic acids is 15. The third kappa shape index (κ3) is 23.3. The van der Waals surface area contributed by atoms with Crippen LogP contribution >= 0.6 is 0 Å². The molecular formula is C117H124N10O15. The summed E-state index contributed by atoms with van der Waals surface area (Å²) < 4.78 is 0. The first-order chi connectivity index (χ1) is 69.2. The van der Waals surface area contributed by atoms with Crippen molar-refractivity contribution in [2.24, 2.45) is 11.8 Å². The van der Waals surface area contributed by atoms with Crippen LogP contribution in [0.1, 0.15) is 228 Å². The Labute approximate surface area is 830 Å². The number of barbiturate groups is 5. The molecule has 0 bridgehead atoms. The smallest absolute Gasteiger partial charge is 0.273 e. The predicted molar refractivity (Wildman–Crippen MR) is 539 cm³/mol. The molecule has 0 spiro atoms. The third-order valence-electron chi connectivity index (χ3n) is 29.0. The van der Waals surface area contributed by atoms with E-state index in [1.54, 1.807) is 84.9 Å². The molecular weight excluding hydrogens is 1790 g/mol. The van der Waals surface area contributed by atoms with Crippen LogP contribution < -0.4 is 9.80 Å². The maximum atomic E-state index is 13.4. The summed E-state index contributed by atoms with van der Waals surface area (Å²) in [6, 6.07) is 88.1. The number of nitrogens with zero attached hydrogens (tertiary/aromatic N) is 10. The lowest BCUT2D eigenvalue weighted by atomic mass is 9.89. The molecule has 10 fully saturated rings. The third-order valence-corrected chi connectivity index (χ3v) is 29.0. The number of urea groups is 5. The van der Waals surface area contributed by atoms with Crippen molar-refractivity contribution < 1.29 is 71.9 Å². The number of para-hydroxylation sites is 2. The second-order valence-electron chi connectivity index (χ2n) is 38.5. The fourth-order valence-electron chi connectivity index (χ4n) is 21.5. The molecule has 142 heavy (non-hydrogen) atoms. The fourth-order valence-corrected chi connectivity index (χ4v) is 21.5. The van der Waals surface area contributed by atoms with Gasteiger partial charge in [0.25, 0.3) is 5.91 Å². The summed E-state index contributed by atoms with van der Waals surface area (Å²) in [7, 11) is 0. The quantitative estimate of drug-likeness (QED) is 0.0604. The number of amides is 20. The Morgan fingerprint density at radius 1 is 0.211 bits per heavy atom. The van der Waals surface area contributed by atoms with Crippen molar-refractivity contribution in [1.82, 2.24) is 39.2 Å². The first-order valence-electron chi connectivity index (χ1n) is 50.7. The zero-order chi connectivity index (χ0) is 99.1. The van der Waals surface area contributed by atoms with Crippen molar-refractivity contribution in [3.63, 3.8) is 0 Å².